The molecule has 1 aromatic carbocycles. The van der Waals surface area contributed by atoms with Gasteiger partial charge in [0, 0.05) is 25.3 Å². The fourth-order valence-electron chi connectivity index (χ4n) is 2.46. The SMILES string of the molecule is CCOCCn1c(=NC(=O)c2ccc([N+](=O)[O-])o2)sc2ccc([N+](=O)[O-])cc21. The summed E-state index contributed by atoms with van der Waals surface area (Å²) in [5.41, 5.74) is 0.450. The number of nitro groups is 2. The number of furan rings is 1. The van der Waals surface area contributed by atoms with Crippen LogP contribution >= 0.6 is 11.3 Å². The predicted octanol–water partition coefficient (Wildman–Crippen LogP) is 2.89. The number of non-ortho nitro benzene ring substituents is 1. The predicted molar refractivity (Wildman–Crippen MR) is 98.2 cm³/mol. The Morgan fingerprint density at radius 3 is 2.68 bits per heavy atom. The standard InChI is InChI=1S/C16H14N4O7S/c1-2-26-8-7-18-11-9-10(19(22)23)3-5-13(11)28-16(18)17-15(21)12-4-6-14(27-12)20(24)25/h3-6,9H,2,7-8H2,1H3. The average Bonchev–Trinajstić information content (AvgIpc) is 3.27. The monoisotopic (exact) mass is 406 g/mol. The highest BCUT2D eigenvalue weighted by molar-refractivity contribution is 7.16. The van der Waals surface area contributed by atoms with E-state index >= 15 is 0 Å². The first-order valence-corrected chi connectivity index (χ1v) is 8.91. The van der Waals surface area contributed by atoms with Crippen LogP contribution in [0.1, 0.15) is 17.5 Å². The zero-order valence-corrected chi connectivity index (χ0v) is 15.4. The molecule has 0 aliphatic carbocycles. The Labute approximate surface area is 160 Å². The molecule has 0 saturated heterocycles. The van der Waals surface area contributed by atoms with Gasteiger partial charge in [0.1, 0.15) is 4.92 Å². The molecular formula is C16H14N4O7S. The molecule has 12 heteroatoms. The molecule has 0 radical (unpaired) electrons. The molecule has 3 rings (SSSR count). The number of nitrogens with zero attached hydrogens (tertiary/aromatic N) is 4. The maximum Gasteiger partial charge on any atom is 0.433 e. The van der Waals surface area contributed by atoms with Gasteiger partial charge in [-0.1, -0.05) is 11.3 Å². The van der Waals surface area contributed by atoms with Crippen molar-refractivity contribution in [3.05, 3.63) is 61.1 Å². The number of benzene rings is 1. The molecule has 0 unspecified atom stereocenters. The first-order valence-electron chi connectivity index (χ1n) is 8.09. The molecule has 2 heterocycles. The quantitative estimate of drug-likeness (QED) is 0.333. The first kappa shape index (κ1) is 19.4. The molecule has 0 N–H and O–H groups in total. The van der Waals surface area contributed by atoms with E-state index in [1.807, 2.05) is 6.92 Å². The highest BCUT2D eigenvalue weighted by atomic mass is 32.1. The van der Waals surface area contributed by atoms with Gasteiger partial charge in [-0.15, -0.1) is 0 Å². The van der Waals surface area contributed by atoms with Gasteiger partial charge in [0.15, 0.2) is 4.80 Å². The Bertz CT molecular complexity index is 1130. The van der Waals surface area contributed by atoms with Crippen molar-refractivity contribution in [1.82, 2.24) is 4.57 Å². The second-order valence-electron chi connectivity index (χ2n) is 5.45. The molecule has 3 aromatic rings. The highest BCUT2D eigenvalue weighted by Gasteiger charge is 2.18. The number of ether oxygens (including phenoxy) is 1. The van der Waals surface area contributed by atoms with E-state index < -0.39 is 21.6 Å². The Balaban J connectivity index is 2.07. The lowest BCUT2D eigenvalue weighted by Gasteiger charge is -2.05. The van der Waals surface area contributed by atoms with Gasteiger partial charge < -0.3 is 13.7 Å². The van der Waals surface area contributed by atoms with Gasteiger partial charge >= 0.3 is 11.8 Å². The summed E-state index contributed by atoms with van der Waals surface area (Å²) < 4.78 is 12.5. The Kier molecular flexibility index (Phi) is 5.61. The molecule has 0 fully saturated rings. The van der Waals surface area contributed by atoms with E-state index in [4.69, 9.17) is 9.15 Å². The van der Waals surface area contributed by atoms with Crippen molar-refractivity contribution in [1.29, 1.82) is 0 Å². The van der Waals surface area contributed by atoms with Crippen LogP contribution in [0.5, 0.6) is 0 Å². The van der Waals surface area contributed by atoms with E-state index in [1.54, 1.807) is 10.6 Å². The van der Waals surface area contributed by atoms with E-state index in [9.17, 15) is 25.0 Å². The number of aromatic nitrogens is 1. The number of hydrogen-bond acceptors (Lipinski definition) is 8. The molecule has 28 heavy (non-hydrogen) atoms. The number of nitro benzene ring substituents is 1. The van der Waals surface area contributed by atoms with Crippen LogP contribution in [0, 0.1) is 20.2 Å². The molecule has 0 atom stereocenters. The van der Waals surface area contributed by atoms with E-state index in [0.717, 1.165) is 17.4 Å². The summed E-state index contributed by atoms with van der Waals surface area (Å²) in [5, 5.41) is 21.8. The second kappa shape index (κ2) is 8.10. The van der Waals surface area contributed by atoms with Crippen molar-refractivity contribution in [2.45, 2.75) is 13.5 Å². The van der Waals surface area contributed by atoms with Gasteiger partial charge in [-0.25, -0.2) is 0 Å². The third-order valence-corrected chi connectivity index (χ3v) is 4.78. The molecule has 0 bridgehead atoms. The summed E-state index contributed by atoms with van der Waals surface area (Å²) in [7, 11) is 0. The lowest BCUT2D eigenvalue weighted by Crippen LogP contribution is -2.19. The average molecular weight is 406 g/mol. The Morgan fingerprint density at radius 2 is 2.04 bits per heavy atom. The van der Waals surface area contributed by atoms with Gasteiger partial charge in [0.25, 0.3) is 5.69 Å². The van der Waals surface area contributed by atoms with Crippen molar-refractivity contribution in [2.75, 3.05) is 13.2 Å². The van der Waals surface area contributed by atoms with Crippen molar-refractivity contribution >= 4 is 39.0 Å². The van der Waals surface area contributed by atoms with Gasteiger partial charge in [-0.05, 0) is 19.1 Å². The number of rotatable bonds is 7. The maximum absolute atomic E-state index is 12.4. The lowest BCUT2D eigenvalue weighted by molar-refractivity contribution is -0.402. The van der Waals surface area contributed by atoms with Crippen LogP contribution in [0.3, 0.4) is 0 Å². The fourth-order valence-corrected chi connectivity index (χ4v) is 3.49. The fraction of sp³-hybridized carbons (Fsp3) is 0.250. The molecule has 0 spiro atoms. The highest BCUT2D eigenvalue weighted by Crippen LogP contribution is 2.23. The zero-order chi connectivity index (χ0) is 20.3. The van der Waals surface area contributed by atoms with Crippen molar-refractivity contribution in [3.8, 4) is 0 Å². The molecule has 0 saturated carbocycles. The van der Waals surface area contributed by atoms with E-state index in [1.165, 1.54) is 18.2 Å². The molecule has 0 aliphatic rings. The van der Waals surface area contributed by atoms with Crippen LogP contribution in [0.4, 0.5) is 11.6 Å². The first-order chi connectivity index (χ1) is 13.4. The number of carbonyl (C=O) groups is 1. The molecule has 11 nitrogen and oxygen atoms in total. The Morgan fingerprint density at radius 1 is 1.25 bits per heavy atom. The molecule has 0 aliphatic heterocycles. The van der Waals surface area contributed by atoms with Gasteiger partial charge in [0.05, 0.1) is 27.8 Å². The van der Waals surface area contributed by atoms with Crippen LogP contribution in [-0.2, 0) is 11.3 Å². The number of carbonyl (C=O) groups excluding carboxylic acids is 1. The smallest absolute Gasteiger partial charge is 0.395 e. The van der Waals surface area contributed by atoms with Crippen molar-refractivity contribution < 1.29 is 23.8 Å². The minimum absolute atomic E-state index is 0.0880. The summed E-state index contributed by atoms with van der Waals surface area (Å²) >= 11 is 1.16. The molecular weight excluding hydrogens is 392 g/mol. The third-order valence-electron chi connectivity index (χ3n) is 3.72. The number of hydrogen-bond donors (Lipinski definition) is 0. The van der Waals surface area contributed by atoms with Crippen LogP contribution in [-0.4, -0.2) is 33.5 Å². The van der Waals surface area contributed by atoms with Gasteiger partial charge in [0.2, 0.25) is 5.76 Å². The number of amides is 1. The van der Waals surface area contributed by atoms with Gasteiger partial charge in [-0.3, -0.25) is 25.0 Å². The normalized spacial score (nSPS) is 11.8. The lowest BCUT2D eigenvalue weighted by atomic mass is 10.3. The Hall–Kier alpha value is -3.38. The molecule has 1 amide bonds. The minimum atomic E-state index is -0.792. The van der Waals surface area contributed by atoms with Crippen LogP contribution in [0.15, 0.2) is 39.7 Å². The van der Waals surface area contributed by atoms with Crippen molar-refractivity contribution in [2.24, 2.45) is 4.99 Å². The summed E-state index contributed by atoms with van der Waals surface area (Å²) in [6.07, 6.45) is 0. The van der Waals surface area contributed by atoms with Gasteiger partial charge in [-0.2, -0.15) is 4.99 Å². The summed E-state index contributed by atoms with van der Waals surface area (Å²) in [6.45, 7) is 2.96. The molecule has 2 aromatic heterocycles. The summed E-state index contributed by atoms with van der Waals surface area (Å²) in [6, 6.07) is 6.59. The third kappa shape index (κ3) is 3.97. The maximum atomic E-state index is 12.4. The second-order valence-corrected chi connectivity index (χ2v) is 6.46. The number of thiazole rings is 1. The number of fused-ring (bicyclic) bond motifs is 1. The van der Waals surface area contributed by atoms with Crippen LogP contribution in [0.2, 0.25) is 0 Å². The largest absolute Gasteiger partial charge is 0.433 e. The van der Waals surface area contributed by atoms with E-state index in [2.05, 4.69) is 4.99 Å². The van der Waals surface area contributed by atoms with E-state index in [-0.39, 0.29) is 16.2 Å². The molecule has 146 valence electrons. The summed E-state index contributed by atoms with van der Waals surface area (Å²) in [5.74, 6) is -1.62. The zero-order valence-electron chi connectivity index (χ0n) is 14.6. The minimum Gasteiger partial charge on any atom is -0.395 e. The summed E-state index contributed by atoms with van der Waals surface area (Å²) in [4.78, 5) is 37.1. The van der Waals surface area contributed by atoms with Crippen LogP contribution in [0.25, 0.3) is 10.2 Å². The van der Waals surface area contributed by atoms with E-state index in [0.29, 0.717) is 30.0 Å². The van der Waals surface area contributed by atoms with Crippen molar-refractivity contribution in [3.63, 3.8) is 0 Å². The topological polar surface area (TPSA) is 143 Å². The van der Waals surface area contributed by atoms with Crippen LogP contribution < -0.4 is 4.80 Å².